The lowest BCUT2D eigenvalue weighted by atomic mass is 9.91. The zero-order valence-corrected chi connectivity index (χ0v) is 10.0. The number of hydrogen-bond donors (Lipinski definition) is 2. The third kappa shape index (κ3) is 2.11. The fourth-order valence-electron chi connectivity index (χ4n) is 2.17. The van der Waals surface area contributed by atoms with Gasteiger partial charge in [-0.1, -0.05) is 17.7 Å². The smallest absolute Gasteiger partial charge is 0.141 e. The first kappa shape index (κ1) is 11.6. The van der Waals surface area contributed by atoms with Gasteiger partial charge in [-0.3, -0.25) is 0 Å². The summed E-state index contributed by atoms with van der Waals surface area (Å²) < 4.78 is 5.06. The lowest BCUT2D eigenvalue weighted by Gasteiger charge is -2.24. The van der Waals surface area contributed by atoms with Crippen molar-refractivity contribution in [1.82, 2.24) is 5.32 Å². The minimum Gasteiger partial charge on any atom is -0.506 e. The average molecular weight is 242 g/mol. The first-order valence-corrected chi connectivity index (χ1v) is 5.88. The van der Waals surface area contributed by atoms with Gasteiger partial charge in [0.15, 0.2) is 0 Å². The maximum absolute atomic E-state index is 10.0. The van der Waals surface area contributed by atoms with Gasteiger partial charge in [0.25, 0.3) is 0 Å². The molecular weight excluding hydrogens is 226 g/mol. The molecule has 2 N–H and O–H groups in total. The summed E-state index contributed by atoms with van der Waals surface area (Å²) in [6.45, 7) is 1.96. The van der Waals surface area contributed by atoms with Gasteiger partial charge in [-0.2, -0.15) is 0 Å². The first-order chi connectivity index (χ1) is 7.74. The minimum atomic E-state index is 0.162. The van der Waals surface area contributed by atoms with Crippen molar-refractivity contribution in [3.8, 4) is 11.5 Å². The van der Waals surface area contributed by atoms with E-state index in [2.05, 4.69) is 5.32 Å². The van der Waals surface area contributed by atoms with E-state index in [4.69, 9.17) is 16.3 Å². The molecule has 0 bridgehead atoms. The highest BCUT2D eigenvalue weighted by Crippen LogP contribution is 2.40. The first-order valence-electron chi connectivity index (χ1n) is 5.50. The number of ether oxygens (including phenoxy) is 1. The van der Waals surface area contributed by atoms with Crippen LogP contribution in [-0.4, -0.2) is 25.3 Å². The molecule has 0 radical (unpaired) electrons. The standard InChI is InChI=1S/C12H16ClNO2/c1-16-10-5-4-9(12(15)11(10)13)8-3-2-6-14-7-8/h4-5,8,14-15H,2-3,6-7H2,1H3. The fraction of sp³-hybridized carbons (Fsp3) is 0.500. The van der Waals surface area contributed by atoms with Gasteiger partial charge < -0.3 is 15.2 Å². The highest BCUT2D eigenvalue weighted by atomic mass is 35.5. The van der Waals surface area contributed by atoms with Crippen molar-refractivity contribution >= 4 is 11.6 Å². The van der Waals surface area contributed by atoms with Gasteiger partial charge in [0, 0.05) is 18.0 Å². The van der Waals surface area contributed by atoms with E-state index in [0.717, 1.165) is 31.5 Å². The molecular formula is C12H16ClNO2. The normalized spacial score (nSPS) is 20.8. The van der Waals surface area contributed by atoms with E-state index in [1.54, 1.807) is 7.11 Å². The molecule has 1 heterocycles. The predicted octanol–water partition coefficient (Wildman–Crippen LogP) is 2.52. The predicted molar refractivity (Wildman–Crippen MR) is 64.5 cm³/mol. The SMILES string of the molecule is COc1ccc(C2CCCNC2)c(O)c1Cl. The van der Waals surface area contributed by atoms with E-state index in [-0.39, 0.29) is 5.75 Å². The number of methoxy groups -OCH3 is 1. The maximum Gasteiger partial charge on any atom is 0.141 e. The summed E-state index contributed by atoms with van der Waals surface area (Å²) >= 11 is 6.02. The molecule has 4 heteroatoms. The van der Waals surface area contributed by atoms with Crippen molar-refractivity contribution in [3.05, 3.63) is 22.7 Å². The van der Waals surface area contributed by atoms with Crippen LogP contribution in [0, 0.1) is 0 Å². The van der Waals surface area contributed by atoms with Crippen molar-refractivity contribution in [2.45, 2.75) is 18.8 Å². The molecule has 16 heavy (non-hydrogen) atoms. The van der Waals surface area contributed by atoms with Crippen LogP contribution in [0.1, 0.15) is 24.3 Å². The molecule has 0 saturated carbocycles. The van der Waals surface area contributed by atoms with Crippen LogP contribution in [0.15, 0.2) is 12.1 Å². The average Bonchev–Trinajstić information content (AvgIpc) is 2.34. The van der Waals surface area contributed by atoms with Crippen LogP contribution in [0.25, 0.3) is 0 Å². The number of aromatic hydroxyl groups is 1. The number of phenols is 1. The largest absolute Gasteiger partial charge is 0.506 e. The summed E-state index contributed by atoms with van der Waals surface area (Å²) in [4.78, 5) is 0. The Labute approximate surface area is 100 Å². The number of piperidine rings is 1. The zero-order valence-electron chi connectivity index (χ0n) is 9.29. The molecule has 1 unspecified atom stereocenters. The van der Waals surface area contributed by atoms with E-state index < -0.39 is 0 Å². The van der Waals surface area contributed by atoms with Crippen LogP contribution in [0.3, 0.4) is 0 Å². The van der Waals surface area contributed by atoms with Crippen LogP contribution in [0.2, 0.25) is 5.02 Å². The maximum atomic E-state index is 10.0. The molecule has 0 amide bonds. The number of hydrogen-bond acceptors (Lipinski definition) is 3. The molecule has 0 aliphatic carbocycles. The summed E-state index contributed by atoms with van der Waals surface area (Å²) in [5.41, 5.74) is 0.915. The Morgan fingerprint density at radius 2 is 2.31 bits per heavy atom. The van der Waals surface area contributed by atoms with E-state index in [0.29, 0.717) is 16.7 Å². The quantitative estimate of drug-likeness (QED) is 0.836. The van der Waals surface area contributed by atoms with Crippen molar-refractivity contribution in [1.29, 1.82) is 0 Å². The van der Waals surface area contributed by atoms with Gasteiger partial charge >= 0.3 is 0 Å². The van der Waals surface area contributed by atoms with E-state index in [1.807, 2.05) is 12.1 Å². The number of nitrogens with one attached hydrogen (secondary N) is 1. The molecule has 1 aromatic rings. The lowest BCUT2D eigenvalue weighted by Crippen LogP contribution is -2.28. The summed E-state index contributed by atoms with van der Waals surface area (Å²) in [6.07, 6.45) is 2.22. The van der Waals surface area contributed by atoms with Crippen molar-refractivity contribution in [2.24, 2.45) is 0 Å². The van der Waals surface area contributed by atoms with Crippen LogP contribution in [0.4, 0.5) is 0 Å². The molecule has 1 aliphatic heterocycles. The van der Waals surface area contributed by atoms with Crippen molar-refractivity contribution in [3.63, 3.8) is 0 Å². The highest BCUT2D eigenvalue weighted by Gasteiger charge is 2.21. The Kier molecular flexibility index (Phi) is 3.56. The van der Waals surface area contributed by atoms with Gasteiger partial charge in [0.1, 0.15) is 16.5 Å². The molecule has 0 spiro atoms. The van der Waals surface area contributed by atoms with Gasteiger partial charge in [-0.15, -0.1) is 0 Å². The van der Waals surface area contributed by atoms with Gasteiger partial charge in [-0.05, 0) is 25.5 Å². The molecule has 88 valence electrons. The van der Waals surface area contributed by atoms with Gasteiger partial charge in [0.2, 0.25) is 0 Å². The van der Waals surface area contributed by atoms with Crippen LogP contribution in [0.5, 0.6) is 11.5 Å². The van der Waals surface area contributed by atoms with E-state index >= 15 is 0 Å². The van der Waals surface area contributed by atoms with Gasteiger partial charge in [-0.25, -0.2) is 0 Å². The summed E-state index contributed by atoms with van der Waals surface area (Å²) in [6, 6.07) is 3.71. The molecule has 1 saturated heterocycles. The second-order valence-electron chi connectivity index (χ2n) is 4.06. The van der Waals surface area contributed by atoms with E-state index in [9.17, 15) is 5.11 Å². The zero-order chi connectivity index (χ0) is 11.5. The molecule has 0 aromatic heterocycles. The number of rotatable bonds is 2. The van der Waals surface area contributed by atoms with Crippen LogP contribution in [-0.2, 0) is 0 Å². The topological polar surface area (TPSA) is 41.5 Å². The molecule has 1 aliphatic rings. The lowest BCUT2D eigenvalue weighted by molar-refractivity contribution is 0.400. The summed E-state index contributed by atoms with van der Waals surface area (Å²) in [5.74, 6) is 1.03. The fourth-order valence-corrected chi connectivity index (χ4v) is 2.41. The van der Waals surface area contributed by atoms with Gasteiger partial charge in [0.05, 0.1) is 7.11 Å². The summed E-state index contributed by atoms with van der Waals surface area (Å²) in [7, 11) is 1.54. The number of phenolic OH excluding ortho intramolecular Hbond substituents is 1. The molecule has 1 fully saturated rings. The second-order valence-corrected chi connectivity index (χ2v) is 4.44. The molecule has 2 rings (SSSR count). The third-order valence-corrected chi connectivity index (χ3v) is 3.43. The molecule has 1 aromatic carbocycles. The Bertz CT molecular complexity index is 376. The van der Waals surface area contributed by atoms with Crippen molar-refractivity contribution in [2.75, 3.05) is 20.2 Å². The Hall–Kier alpha value is -0.930. The Morgan fingerprint density at radius 3 is 2.94 bits per heavy atom. The Balaban J connectivity index is 2.30. The molecule has 3 nitrogen and oxygen atoms in total. The minimum absolute atomic E-state index is 0.162. The number of halogens is 1. The summed E-state index contributed by atoms with van der Waals surface area (Å²) in [5, 5.41) is 13.7. The van der Waals surface area contributed by atoms with Crippen LogP contribution >= 0.6 is 11.6 Å². The van der Waals surface area contributed by atoms with Crippen molar-refractivity contribution < 1.29 is 9.84 Å². The van der Waals surface area contributed by atoms with Crippen LogP contribution < -0.4 is 10.1 Å². The molecule has 1 atom stereocenters. The van der Waals surface area contributed by atoms with E-state index in [1.165, 1.54) is 0 Å². The number of benzene rings is 1. The Morgan fingerprint density at radius 1 is 1.50 bits per heavy atom. The third-order valence-electron chi connectivity index (χ3n) is 3.07. The second kappa shape index (κ2) is 4.93. The highest BCUT2D eigenvalue weighted by molar-refractivity contribution is 6.33. The monoisotopic (exact) mass is 241 g/mol.